The predicted octanol–water partition coefficient (Wildman–Crippen LogP) is 4.58. The first-order chi connectivity index (χ1) is 13.4. The first-order valence-electron chi connectivity index (χ1n) is 9.16. The van der Waals surface area contributed by atoms with Crippen LogP contribution in [-0.2, 0) is 6.18 Å². The SMILES string of the molecule is Cc1[nH]cnc1C1CCN(c2ncncc2-c2cccc(C(F)(F)F)c2)CC1. The van der Waals surface area contributed by atoms with Gasteiger partial charge < -0.3 is 9.88 Å². The number of nitrogens with zero attached hydrogens (tertiary/aromatic N) is 4. The number of aromatic amines is 1. The van der Waals surface area contributed by atoms with E-state index in [2.05, 4.69) is 24.8 Å². The van der Waals surface area contributed by atoms with Crippen molar-refractivity contribution >= 4 is 5.82 Å². The summed E-state index contributed by atoms with van der Waals surface area (Å²) < 4.78 is 39.3. The molecule has 0 amide bonds. The lowest BCUT2D eigenvalue weighted by Gasteiger charge is -2.33. The number of rotatable bonds is 3. The van der Waals surface area contributed by atoms with Crippen LogP contribution >= 0.6 is 0 Å². The Labute approximate surface area is 160 Å². The van der Waals surface area contributed by atoms with E-state index in [4.69, 9.17) is 0 Å². The molecule has 0 spiro atoms. The van der Waals surface area contributed by atoms with Crippen LogP contribution in [0.3, 0.4) is 0 Å². The van der Waals surface area contributed by atoms with Crippen LogP contribution in [0.15, 0.2) is 43.1 Å². The van der Waals surface area contributed by atoms with Crippen LogP contribution in [0.4, 0.5) is 19.0 Å². The fraction of sp³-hybridized carbons (Fsp3) is 0.350. The molecule has 28 heavy (non-hydrogen) atoms. The quantitative estimate of drug-likeness (QED) is 0.715. The zero-order valence-corrected chi connectivity index (χ0v) is 15.4. The zero-order valence-electron chi connectivity index (χ0n) is 15.4. The van der Waals surface area contributed by atoms with Crippen molar-refractivity contribution in [3.8, 4) is 11.1 Å². The van der Waals surface area contributed by atoms with Gasteiger partial charge in [-0.05, 0) is 37.5 Å². The van der Waals surface area contributed by atoms with Crippen molar-refractivity contribution < 1.29 is 13.2 Å². The number of alkyl halides is 3. The lowest BCUT2D eigenvalue weighted by molar-refractivity contribution is -0.137. The summed E-state index contributed by atoms with van der Waals surface area (Å²) in [6.45, 7) is 3.55. The van der Waals surface area contributed by atoms with Crippen molar-refractivity contribution in [3.05, 3.63) is 60.1 Å². The van der Waals surface area contributed by atoms with Crippen molar-refractivity contribution in [1.29, 1.82) is 0 Å². The Bertz CT molecular complexity index is 958. The summed E-state index contributed by atoms with van der Waals surface area (Å²) in [7, 11) is 0. The Morgan fingerprint density at radius 2 is 1.93 bits per heavy atom. The summed E-state index contributed by atoms with van der Waals surface area (Å²) in [4.78, 5) is 18.1. The molecule has 8 heteroatoms. The number of H-pyrrole nitrogens is 1. The Hall–Kier alpha value is -2.90. The average Bonchev–Trinajstić information content (AvgIpc) is 3.13. The lowest BCUT2D eigenvalue weighted by atomic mass is 9.92. The summed E-state index contributed by atoms with van der Waals surface area (Å²) in [5.74, 6) is 1.05. The molecule has 0 bridgehead atoms. The summed E-state index contributed by atoms with van der Waals surface area (Å²) >= 11 is 0. The molecule has 1 aliphatic rings. The number of anilines is 1. The highest BCUT2D eigenvalue weighted by Crippen LogP contribution is 2.36. The van der Waals surface area contributed by atoms with Crippen molar-refractivity contribution in [2.24, 2.45) is 0 Å². The van der Waals surface area contributed by atoms with E-state index in [9.17, 15) is 13.2 Å². The van der Waals surface area contributed by atoms with E-state index < -0.39 is 11.7 Å². The molecule has 5 nitrogen and oxygen atoms in total. The van der Waals surface area contributed by atoms with E-state index in [-0.39, 0.29) is 0 Å². The minimum Gasteiger partial charge on any atom is -0.356 e. The topological polar surface area (TPSA) is 57.7 Å². The van der Waals surface area contributed by atoms with E-state index in [1.165, 1.54) is 12.4 Å². The number of hydrogen-bond acceptors (Lipinski definition) is 4. The molecule has 0 saturated carbocycles. The number of halogens is 3. The Morgan fingerprint density at radius 1 is 1.14 bits per heavy atom. The van der Waals surface area contributed by atoms with Gasteiger partial charge in [-0.25, -0.2) is 15.0 Å². The number of imidazole rings is 1. The average molecular weight is 387 g/mol. The Morgan fingerprint density at radius 3 is 2.61 bits per heavy atom. The normalized spacial score (nSPS) is 15.8. The number of aryl methyl sites for hydroxylation is 1. The van der Waals surface area contributed by atoms with Gasteiger partial charge in [0.1, 0.15) is 12.1 Å². The highest BCUT2D eigenvalue weighted by molar-refractivity contribution is 5.75. The van der Waals surface area contributed by atoms with Gasteiger partial charge in [0.05, 0.1) is 17.6 Å². The van der Waals surface area contributed by atoms with E-state index in [1.54, 1.807) is 18.6 Å². The van der Waals surface area contributed by atoms with Gasteiger partial charge in [0.15, 0.2) is 0 Å². The largest absolute Gasteiger partial charge is 0.416 e. The maximum absolute atomic E-state index is 13.1. The molecule has 1 fully saturated rings. The number of hydrogen-bond donors (Lipinski definition) is 1. The van der Waals surface area contributed by atoms with Crippen LogP contribution < -0.4 is 4.90 Å². The van der Waals surface area contributed by atoms with E-state index >= 15 is 0 Å². The first-order valence-corrected chi connectivity index (χ1v) is 9.16. The molecule has 3 aromatic rings. The van der Waals surface area contributed by atoms with Crippen molar-refractivity contribution in [3.63, 3.8) is 0 Å². The molecule has 4 rings (SSSR count). The third-order valence-electron chi connectivity index (χ3n) is 5.24. The number of piperidine rings is 1. The van der Waals surface area contributed by atoms with E-state index in [0.717, 1.165) is 49.5 Å². The third kappa shape index (κ3) is 3.58. The summed E-state index contributed by atoms with van der Waals surface area (Å²) in [5.41, 5.74) is 2.59. The Balaban J connectivity index is 1.59. The molecule has 2 aromatic heterocycles. The molecule has 1 aliphatic heterocycles. The van der Waals surface area contributed by atoms with Gasteiger partial charge in [0.2, 0.25) is 0 Å². The highest BCUT2D eigenvalue weighted by Gasteiger charge is 2.31. The van der Waals surface area contributed by atoms with Gasteiger partial charge in [-0.1, -0.05) is 12.1 Å². The summed E-state index contributed by atoms with van der Waals surface area (Å²) in [5, 5.41) is 0. The maximum Gasteiger partial charge on any atom is 0.416 e. The van der Waals surface area contributed by atoms with Gasteiger partial charge in [0.25, 0.3) is 0 Å². The fourth-order valence-corrected chi connectivity index (χ4v) is 3.79. The molecule has 1 aromatic carbocycles. The molecule has 3 heterocycles. The zero-order chi connectivity index (χ0) is 19.7. The first kappa shape index (κ1) is 18.5. The third-order valence-corrected chi connectivity index (χ3v) is 5.24. The summed E-state index contributed by atoms with van der Waals surface area (Å²) in [6, 6.07) is 5.31. The molecule has 1 N–H and O–H groups in total. The second-order valence-electron chi connectivity index (χ2n) is 7.01. The Kier molecular flexibility index (Phi) is 4.78. The number of nitrogens with one attached hydrogen (secondary N) is 1. The van der Waals surface area contributed by atoms with Crippen LogP contribution in [0.5, 0.6) is 0 Å². The van der Waals surface area contributed by atoms with Gasteiger partial charge >= 0.3 is 6.18 Å². The van der Waals surface area contributed by atoms with Crippen molar-refractivity contribution in [2.45, 2.75) is 31.9 Å². The predicted molar refractivity (Wildman–Crippen MR) is 100.0 cm³/mol. The molecule has 1 saturated heterocycles. The van der Waals surface area contributed by atoms with E-state index in [1.807, 2.05) is 6.92 Å². The molecular formula is C20H20F3N5. The minimum atomic E-state index is -4.38. The number of benzene rings is 1. The van der Waals surface area contributed by atoms with Crippen molar-refractivity contribution in [1.82, 2.24) is 19.9 Å². The van der Waals surface area contributed by atoms with Gasteiger partial charge in [-0.2, -0.15) is 13.2 Å². The van der Waals surface area contributed by atoms with Crippen LogP contribution in [0.1, 0.15) is 35.7 Å². The van der Waals surface area contributed by atoms with Gasteiger partial charge in [-0.15, -0.1) is 0 Å². The standard InChI is InChI=1S/C20H20F3N5/c1-13-18(26-12-25-13)14-5-7-28(8-6-14)19-17(10-24-11-27-19)15-3-2-4-16(9-15)20(21,22)23/h2-4,9-12,14H,5-8H2,1H3,(H,25,26). The monoisotopic (exact) mass is 387 g/mol. The smallest absolute Gasteiger partial charge is 0.356 e. The fourth-order valence-electron chi connectivity index (χ4n) is 3.79. The molecule has 0 aliphatic carbocycles. The van der Waals surface area contributed by atoms with Gasteiger partial charge in [0, 0.05) is 36.5 Å². The van der Waals surface area contributed by atoms with Crippen LogP contribution in [-0.4, -0.2) is 33.0 Å². The van der Waals surface area contributed by atoms with Crippen LogP contribution in [0.25, 0.3) is 11.1 Å². The maximum atomic E-state index is 13.1. The highest BCUT2D eigenvalue weighted by atomic mass is 19.4. The summed E-state index contributed by atoms with van der Waals surface area (Å²) in [6.07, 6.45) is 2.19. The molecule has 146 valence electrons. The second kappa shape index (κ2) is 7.26. The lowest BCUT2D eigenvalue weighted by Crippen LogP contribution is -2.34. The van der Waals surface area contributed by atoms with Crippen LogP contribution in [0, 0.1) is 6.92 Å². The van der Waals surface area contributed by atoms with Crippen molar-refractivity contribution in [2.75, 3.05) is 18.0 Å². The molecular weight excluding hydrogens is 367 g/mol. The van der Waals surface area contributed by atoms with Gasteiger partial charge in [-0.3, -0.25) is 0 Å². The number of aromatic nitrogens is 4. The second-order valence-corrected chi connectivity index (χ2v) is 7.01. The molecule has 0 atom stereocenters. The molecule has 0 radical (unpaired) electrons. The molecule has 0 unspecified atom stereocenters. The van der Waals surface area contributed by atoms with Crippen LogP contribution in [0.2, 0.25) is 0 Å². The van der Waals surface area contributed by atoms with E-state index in [0.29, 0.717) is 22.9 Å². The minimum absolute atomic E-state index is 0.376.